The topological polar surface area (TPSA) is 50.2 Å². The second-order valence-electron chi connectivity index (χ2n) is 8.61. The smallest absolute Gasteiger partial charge is 0.226 e. The van der Waals surface area contributed by atoms with Crippen LogP contribution in [0.15, 0.2) is 42.7 Å². The van der Waals surface area contributed by atoms with Crippen molar-refractivity contribution in [3.63, 3.8) is 0 Å². The van der Waals surface area contributed by atoms with E-state index in [1.807, 2.05) is 30.1 Å². The number of aryl methyl sites for hydroxylation is 1. The molecule has 5 nitrogen and oxygen atoms in total. The van der Waals surface area contributed by atoms with Crippen molar-refractivity contribution in [3.8, 4) is 0 Å². The third-order valence-corrected chi connectivity index (χ3v) is 6.97. The third-order valence-electron chi connectivity index (χ3n) is 6.97. The van der Waals surface area contributed by atoms with Gasteiger partial charge in [-0.3, -0.25) is 4.79 Å². The first-order valence-electron chi connectivity index (χ1n) is 10.2. The molecule has 2 saturated carbocycles. The van der Waals surface area contributed by atoms with Gasteiger partial charge in [0.05, 0.1) is 6.54 Å². The number of amides is 1. The molecule has 28 heavy (non-hydrogen) atoms. The number of rotatable bonds is 5. The van der Waals surface area contributed by atoms with E-state index in [0.29, 0.717) is 29.8 Å². The molecule has 1 aromatic carbocycles. The van der Waals surface area contributed by atoms with E-state index in [1.54, 1.807) is 0 Å². The second kappa shape index (κ2) is 7.53. The highest BCUT2D eigenvalue weighted by atomic mass is 35.5. The zero-order valence-corrected chi connectivity index (χ0v) is 17.2. The fourth-order valence-corrected chi connectivity index (χ4v) is 5.02. The number of hydrogen-bond donors (Lipinski definition) is 1. The van der Waals surface area contributed by atoms with Gasteiger partial charge in [0.2, 0.25) is 5.91 Å². The molecule has 3 fully saturated rings. The number of hydrogen-bond acceptors (Lipinski definition) is 3. The lowest BCUT2D eigenvalue weighted by Gasteiger charge is -2.29. The summed E-state index contributed by atoms with van der Waals surface area (Å²) in [7, 11) is 2.02. The molecule has 6 heteroatoms. The first kappa shape index (κ1) is 19.5. The monoisotopic (exact) mass is 400 g/mol. The van der Waals surface area contributed by atoms with E-state index >= 15 is 0 Å². The van der Waals surface area contributed by atoms with E-state index in [1.165, 1.54) is 18.4 Å². The standard InChI is InChI=1S/C22H28N4O.ClH/c1-25-12-11-24-20(25)15-26(19-14-22(19)7-9-23-10-8-22)21(27)18-13-17(18)16-5-3-2-4-6-16;/h2-6,11-12,17-19,23H,7-10,13-15H2,1H3;1H. The van der Waals surface area contributed by atoms with Crippen LogP contribution in [-0.4, -0.2) is 39.5 Å². The number of halogens is 1. The summed E-state index contributed by atoms with van der Waals surface area (Å²) in [5.74, 6) is 1.86. The summed E-state index contributed by atoms with van der Waals surface area (Å²) >= 11 is 0. The Morgan fingerprint density at radius 1 is 1.29 bits per heavy atom. The Balaban J connectivity index is 0.00000192. The molecule has 1 saturated heterocycles. The Morgan fingerprint density at radius 2 is 2.04 bits per heavy atom. The number of benzene rings is 1. The minimum absolute atomic E-state index is 0. The van der Waals surface area contributed by atoms with Crippen LogP contribution in [0.4, 0.5) is 0 Å². The molecule has 1 aromatic heterocycles. The number of carbonyl (C=O) groups excluding carboxylic acids is 1. The molecular formula is C22H29ClN4O. The molecule has 1 N–H and O–H groups in total. The molecule has 3 atom stereocenters. The van der Waals surface area contributed by atoms with Crippen LogP contribution in [0.5, 0.6) is 0 Å². The Bertz CT molecular complexity index is 830. The van der Waals surface area contributed by atoms with E-state index in [4.69, 9.17) is 0 Å². The lowest BCUT2D eigenvalue weighted by atomic mass is 9.93. The van der Waals surface area contributed by atoms with E-state index in [0.717, 1.165) is 31.8 Å². The summed E-state index contributed by atoms with van der Waals surface area (Å²) in [4.78, 5) is 20.2. The maximum absolute atomic E-state index is 13.5. The van der Waals surface area contributed by atoms with Gasteiger partial charge in [0, 0.05) is 31.4 Å². The Hall–Kier alpha value is -1.85. The van der Waals surface area contributed by atoms with Crippen LogP contribution in [0.1, 0.15) is 43.0 Å². The van der Waals surface area contributed by atoms with Gasteiger partial charge in [0.25, 0.3) is 0 Å². The zero-order valence-electron chi connectivity index (χ0n) is 16.4. The number of imidazole rings is 1. The number of carbonyl (C=O) groups is 1. The van der Waals surface area contributed by atoms with Crippen LogP contribution in [0.3, 0.4) is 0 Å². The summed E-state index contributed by atoms with van der Waals surface area (Å²) < 4.78 is 2.04. The van der Waals surface area contributed by atoms with Crippen molar-refractivity contribution in [2.45, 2.75) is 44.2 Å². The molecule has 2 aliphatic carbocycles. The van der Waals surface area contributed by atoms with Crippen LogP contribution in [-0.2, 0) is 18.4 Å². The minimum atomic E-state index is 0. The van der Waals surface area contributed by atoms with E-state index in [9.17, 15) is 4.79 Å². The van der Waals surface area contributed by atoms with Crippen molar-refractivity contribution in [2.24, 2.45) is 18.4 Å². The van der Waals surface area contributed by atoms with Gasteiger partial charge in [0.15, 0.2) is 0 Å². The van der Waals surface area contributed by atoms with Crippen molar-refractivity contribution >= 4 is 18.3 Å². The quantitative estimate of drug-likeness (QED) is 0.838. The van der Waals surface area contributed by atoms with Crippen LogP contribution in [0, 0.1) is 11.3 Å². The molecule has 1 spiro atoms. The maximum atomic E-state index is 13.5. The van der Waals surface area contributed by atoms with Gasteiger partial charge in [-0.25, -0.2) is 4.98 Å². The average Bonchev–Trinajstić information content (AvgIpc) is 3.59. The lowest BCUT2D eigenvalue weighted by molar-refractivity contribution is -0.134. The van der Waals surface area contributed by atoms with Gasteiger partial charge < -0.3 is 14.8 Å². The number of nitrogens with zero attached hydrogens (tertiary/aromatic N) is 3. The highest BCUT2D eigenvalue weighted by Gasteiger charge is 2.59. The predicted octanol–water partition coefficient (Wildman–Crippen LogP) is 3.12. The predicted molar refractivity (Wildman–Crippen MR) is 111 cm³/mol. The molecule has 1 amide bonds. The van der Waals surface area contributed by atoms with Gasteiger partial charge in [-0.15, -0.1) is 12.4 Å². The number of aromatic nitrogens is 2. The summed E-state index contributed by atoms with van der Waals surface area (Å²) in [6.45, 7) is 2.80. The van der Waals surface area contributed by atoms with E-state index in [-0.39, 0.29) is 18.3 Å². The molecule has 0 bridgehead atoms. The molecule has 5 rings (SSSR count). The van der Waals surface area contributed by atoms with Crippen LogP contribution in [0.25, 0.3) is 0 Å². The van der Waals surface area contributed by atoms with Crippen molar-refractivity contribution in [1.82, 2.24) is 19.8 Å². The van der Waals surface area contributed by atoms with Gasteiger partial charge in [-0.05, 0) is 55.7 Å². The summed E-state index contributed by atoms with van der Waals surface area (Å²) in [6, 6.07) is 10.9. The Morgan fingerprint density at radius 3 is 2.71 bits per heavy atom. The highest BCUT2D eigenvalue weighted by Crippen LogP contribution is 2.58. The molecule has 150 valence electrons. The average molecular weight is 401 g/mol. The lowest BCUT2D eigenvalue weighted by Crippen LogP contribution is -2.40. The minimum Gasteiger partial charge on any atom is -0.337 e. The Kier molecular flexibility index (Phi) is 5.23. The zero-order chi connectivity index (χ0) is 18.4. The fourth-order valence-electron chi connectivity index (χ4n) is 5.02. The molecular weight excluding hydrogens is 372 g/mol. The molecule has 3 aliphatic rings. The van der Waals surface area contributed by atoms with Crippen molar-refractivity contribution in [1.29, 1.82) is 0 Å². The van der Waals surface area contributed by atoms with Crippen molar-refractivity contribution in [2.75, 3.05) is 13.1 Å². The van der Waals surface area contributed by atoms with E-state index in [2.05, 4.69) is 39.5 Å². The number of piperidine rings is 1. The molecule has 2 aromatic rings. The Labute approximate surface area is 172 Å². The fraction of sp³-hybridized carbons (Fsp3) is 0.545. The first-order valence-corrected chi connectivity index (χ1v) is 10.2. The third kappa shape index (κ3) is 3.46. The van der Waals surface area contributed by atoms with Gasteiger partial charge >= 0.3 is 0 Å². The highest BCUT2D eigenvalue weighted by molar-refractivity contribution is 5.85. The molecule has 2 heterocycles. The largest absolute Gasteiger partial charge is 0.337 e. The summed E-state index contributed by atoms with van der Waals surface area (Å²) in [5, 5.41) is 3.47. The van der Waals surface area contributed by atoms with Gasteiger partial charge in [-0.2, -0.15) is 0 Å². The maximum Gasteiger partial charge on any atom is 0.226 e. The van der Waals surface area contributed by atoms with Gasteiger partial charge in [-0.1, -0.05) is 30.3 Å². The summed E-state index contributed by atoms with van der Waals surface area (Å²) in [5.41, 5.74) is 1.66. The first-order chi connectivity index (χ1) is 13.2. The summed E-state index contributed by atoms with van der Waals surface area (Å²) in [6.07, 6.45) is 8.32. The second-order valence-corrected chi connectivity index (χ2v) is 8.61. The van der Waals surface area contributed by atoms with Crippen LogP contribution in [0.2, 0.25) is 0 Å². The molecule has 3 unspecified atom stereocenters. The van der Waals surface area contributed by atoms with E-state index < -0.39 is 0 Å². The molecule has 0 radical (unpaired) electrons. The number of nitrogens with one attached hydrogen (secondary N) is 1. The van der Waals surface area contributed by atoms with Crippen molar-refractivity contribution < 1.29 is 4.79 Å². The van der Waals surface area contributed by atoms with Crippen molar-refractivity contribution in [3.05, 3.63) is 54.1 Å². The van der Waals surface area contributed by atoms with Crippen LogP contribution < -0.4 is 5.32 Å². The SMILES string of the molecule is Cl.Cn1ccnc1CN(C(=O)C1CC1c1ccccc1)C1CC12CCNCC2. The van der Waals surface area contributed by atoms with Gasteiger partial charge in [0.1, 0.15) is 5.82 Å². The van der Waals surface area contributed by atoms with Crippen LogP contribution >= 0.6 is 12.4 Å². The molecule has 1 aliphatic heterocycles. The normalized spacial score (nSPS) is 27.1.